The Kier molecular flexibility index (Phi) is 7.25. The fourth-order valence-electron chi connectivity index (χ4n) is 2.10. The summed E-state index contributed by atoms with van der Waals surface area (Å²) in [7, 11) is 0. The number of rotatable bonds is 7. The summed E-state index contributed by atoms with van der Waals surface area (Å²) in [4.78, 5) is 18.5. The molecule has 2 rings (SSSR count). The van der Waals surface area contributed by atoms with Crippen molar-refractivity contribution in [2.45, 2.75) is 0 Å². The summed E-state index contributed by atoms with van der Waals surface area (Å²) in [5.74, 6) is -0.574. The van der Waals surface area contributed by atoms with Crippen molar-refractivity contribution in [2.75, 3.05) is 39.5 Å². The molecule has 1 aliphatic heterocycles. The van der Waals surface area contributed by atoms with E-state index in [1.165, 1.54) is 6.08 Å². The number of ether oxygens (including phenoxy) is 1. The second-order valence-electron chi connectivity index (χ2n) is 5.00. The van der Waals surface area contributed by atoms with Crippen molar-refractivity contribution in [3.05, 3.63) is 41.5 Å². The fraction of sp³-hybridized carbons (Fsp3) is 0.375. The average molecular weight is 319 g/mol. The molecule has 7 nitrogen and oxygen atoms in total. The first-order valence-electron chi connectivity index (χ1n) is 7.45. The summed E-state index contributed by atoms with van der Waals surface area (Å²) in [5, 5.41) is 12.4. The topological polar surface area (TPSA) is 83.4 Å². The van der Waals surface area contributed by atoms with Crippen LogP contribution in [0.2, 0.25) is 0 Å². The van der Waals surface area contributed by atoms with Crippen molar-refractivity contribution in [3.63, 3.8) is 0 Å². The normalized spacial score (nSPS) is 16.0. The lowest BCUT2D eigenvalue weighted by atomic mass is 10.1. The number of carbonyl (C=O) groups is 1. The molecule has 0 spiro atoms. The van der Waals surface area contributed by atoms with Gasteiger partial charge in [0.25, 0.3) is 5.91 Å². The van der Waals surface area contributed by atoms with E-state index in [1.807, 2.05) is 24.3 Å². The molecule has 0 radical (unpaired) electrons. The second-order valence-corrected chi connectivity index (χ2v) is 5.00. The first kappa shape index (κ1) is 17.1. The van der Waals surface area contributed by atoms with Crippen LogP contribution in [0.1, 0.15) is 11.1 Å². The maximum atomic E-state index is 10.9. The minimum Gasteiger partial charge on any atom is -0.394 e. The van der Waals surface area contributed by atoms with E-state index in [4.69, 9.17) is 14.8 Å². The predicted molar refractivity (Wildman–Crippen MR) is 86.2 cm³/mol. The van der Waals surface area contributed by atoms with Crippen LogP contribution in [0.15, 0.2) is 35.5 Å². The molecule has 1 saturated heterocycles. The largest absolute Gasteiger partial charge is 0.394 e. The zero-order chi connectivity index (χ0) is 16.3. The van der Waals surface area contributed by atoms with Crippen molar-refractivity contribution < 1.29 is 19.6 Å². The Balaban J connectivity index is 1.75. The molecule has 0 unspecified atom stereocenters. The maximum absolute atomic E-state index is 10.9. The smallest absolute Gasteiger partial charge is 0.267 e. The number of hydroxylamine groups is 1. The minimum atomic E-state index is -0.574. The lowest BCUT2D eigenvalue weighted by molar-refractivity contribution is -0.124. The van der Waals surface area contributed by atoms with Crippen LogP contribution in [0.4, 0.5) is 0 Å². The van der Waals surface area contributed by atoms with Crippen LogP contribution < -0.4 is 5.48 Å². The molecule has 0 aliphatic carbocycles. The Morgan fingerprint density at radius 1 is 1.39 bits per heavy atom. The molecule has 0 saturated carbocycles. The van der Waals surface area contributed by atoms with Crippen LogP contribution in [0.25, 0.3) is 6.08 Å². The monoisotopic (exact) mass is 319 g/mol. The number of oxime groups is 1. The Hall–Kier alpha value is -2.22. The fourth-order valence-corrected chi connectivity index (χ4v) is 2.10. The van der Waals surface area contributed by atoms with Gasteiger partial charge in [0.05, 0.1) is 19.4 Å². The van der Waals surface area contributed by atoms with Crippen LogP contribution in [0, 0.1) is 0 Å². The van der Waals surface area contributed by atoms with Gasteiger partial charge < -0.3 is 9.57 Å². The van der Waals surface area contributed by atoms with Crippen LogP contribution in [-0.2, 0) is 14.4 Å². The highest BCUT2D eigenvalue weighted by atomic mass is 16.6. The number of carbonyl (C=O) groups excluding carboxylic acids is 1. The number of nitrogens with one attached hydrogen (secondary N) is 1. The van der Waals surface area contributed by atoms with Gasteiger partial charge in [0.15, 0.2) is 0 Å². The van der Waals surface area contributed by atoms with E-state index in [1.54, 1.807) is 17.8 Å². The van der Waals surface area contributed by atoms with E-state index in [-0.39, 0.29) is 0 Å². The minimum absolute atomic E-state index is 0.534. The Labute approximate surface area is 135 Å². The molecule has 1 aliphatic rings. The van der Waals surface area contributed by atoms with Gasteiger partial charge in [0, 0.05) is 25.7 Å². The number of nitrogens with zero attached hydrogens (tertiary/aromatic N) is 2. The first-order valence-corrected chi connectivity index (χ1v) is 7.45. The third kappa shape index (κ3) is 6.60. The summed E-state index contributed by atoms with van der Waals surface area (Å²) < 4.78 is 5.28. The molecule has 1 amide bonds. The van der Waals surface area contributed by atoms with E-state index in [0.717, 1.165) is 44.0 Å². The highest BCUT2D eigenvalue weighted by Crippen LogP contribution is 2.05. The number of morpholine rings is 1. The van der Waals surface area contributed by atoms with Gasteiger partial charge >= 0.3 is 0 Å². The van der Waals surface area contributed by atoms with Gasteiger partial charge in [-0.15, -0.1) is 0 Å². The van der Waals surface area contributed by atoms with Crippen LogP contribution in [0.3, 0.4) is 0 Å². The summed E-state index contributed by atoms with van der Waals surface area (Å²) in [6, 6.07) is 7.44. The van der Waals surface area contributed by atoms with Crippen molar-refractivity contribution in [1.29, 1.82) is 0 Å². The molecule has 7 heteroatoms. The lowest BCUT2D eigenvalue weighted by Gasteiger charge is -2.25. The first-order chi connectivity index (χ1) is 11.3. The van der Waals surface area contributed by atoms with Gasteiger partial charge in [-0.25, -0.2) is 5.48 Å². The van der Waals surface area contributed by atoms with Gasteiger partial charge in [-0.3, -0.25) is 14.9 Å². The zero-order valence-electron chi connectivity index (χ0n) is 12.9. The molecule has 0 atom stereocenters. The highest BCUT2D eigenvalue weighted by Gasteiger charge is 2.09. The quantitative estimate of drug-likeness (QED) is 0.256. The van der Waals surface area contributed by atoms with E-state index >= 15 is 0 Å². The van der Waals surface area contributed by atoms with E-state index in [0.29, 0.717) is 6.61 Å². The Morgan fingerprint density at radius 3 is 2.96 bits per heavy atom. The van der Waals surface area contributed by atoms with Crippen molar-refractivity contribution in [2.24, 2.45) is 5.16 Å². The number of hydrogen-bond donors (Lipinski definition) is 2. The lowest BCUT2D eigenvalue weighted by Crippen LogP contribution is -2.38. The maximum Gasteiger partial charge on any atom is 0.267 e. The Bertz CT molecular complexity index is 554. The van der Waals surface area contributed by atoms with Gasteiger partial charge in [0.2, 0.25) is 0 Å². The number of amides is 1. The summed E-state index contributed by atoms with van der Waals surface area (Å²) in [6.45, 7) is 4.79. The highest BCUT2D eigenvalue weighted by molar-refractivity contribution is 5.91. The Morgan fingerprint density at radius 2 is 2.17 bits per heavy atom. The molecule has 0 aromatic heterocycles. The van der Waals surface area contributed by atoms with Crippen LogP contribution in [-0.4, -0.2) is 61.7 Å². The van der Waals surface area contributed by atoms with E-state index in [9.17, 15) is 4.79 Å². The standard InChI is InChI=1S/C16H21N3O4/c20-16(18-21)5-4-14-2-1-3-15(12-14)13-17-23-11-8-19-6-9-22-10-7-19/h1-5,12-13,21H,6-11H2,(H,18,20)/b5-4+,17-13+. The molecular formula is C16H21N3O4. The molecule has 124 valence electrons. The van der Waals surface area contributed by atoms with Gasteiger partial charge in [0.1, 0.15) is 6.61 Å². The molecule has 23 heavy (non-hydrogen) atoms. The molecule has 1 aromatic carbocycles. The number of benzene rings is 1. The van der Waals surface area contributed by atoms with Crippen LogP contribution >= 0.6 is 0 Å². The molecule has 1 heterocycles. The van der Waals surface area contributed by atoms with Crippen molar-refractivity contribution >= 4 is 18.2 Å². The van der Waals surface area contributed by atoms with Crippen molar-refractivity contribution in [3.8, 4) is 0 Å². The number of hydrogen-bond acceptors (Lipinski definition) is 6. The average Bonchev–Trinajstić information content (AvgIpc) is 2.60. The van der Waals surface area contributed by atoms with Gasteiger partial charge in [-0.2, -0.15) is 0 Å². The molecule has 1 aromatic rings. The summed E-state index contributed by atoms with van der Waals surface area (Å²) in [6.07, 6.45) is 4.47. The molecular weight excluding hydrogens is 298 g/mol. The second kappa shape index (κ2) is 9.73. The third-order valence-electron chi connectivity index (χ3n) is 3.33. The van der Waals surface area contributed by atoms with Crippen molar-refractivity contribution in [1.82, 2.24) is 10.4 Å². The molecule has 0 bridgehead atoms. The molecule has 2 N–H and O–H groups in total. The van der Waals surface area contributed by atoms with Gasteiger partial charge in [-0.05, 0) is 23.3 Å². The molecule has 1 fully saturated rings. The SMILES string of the molecule is O=C(/C=C/c1cccc(/C=N/OCCN2CCOCC2)c1)NO. The van der Waals surface area contributed by atoms with E-state index < -0.39 is 5.91 Å². The summed E-state index contributed by atoms with van der Waals surface area (Å²) >= 11 is 0. The predicted octanol–water partition coefficient (Wildman–Crippen LogP) is 0.888. The van der Waals surface area contributed by atoms with Gasteiger partial charge in [-0.1, -0.05) is 23.4 Å². The summed E-state index contributed by atoms with van der Waals surface area (Å²) in [5.41, 5.74) is 3.23. The van der Waals surface area contributed by atoms with Crippen LogP contribution in [0.5, 0.6) is 0 Å². The zero-order valence-corrected chi connectivity index (χ0v) is 12.9. The third-order valence-corrected chi connectivity index (χ3v) is 3.33. The van der Waals surface area contributed by atoms with E-state index in [2.05, 4.69) is 10.1 Å².